The van der Waals surface area contributed by atoms with Crippen molar-refractivity contribution in [3.05, 3.63) is 33.8 Å². The van der Waals surface area contributed by atoms with Crippen LogP contribution in [0.5, 0.6) is 11.5 Å². The lowest BCUT2D eigenvalue weighted by Gasteiger charge is -2.11. The maximum atomic E-state index is 11.4. The molecular weight excluding hydrogens is 378 g/mol. The third-order valence-electron chi connectivity index (χ3n) is 3.09. The molecule has 0 aliphatic carbocycles. The first-order chi connectivity index (χ1) is 12.6. The molecule has 0 saturated heterocycles. The lowest BCUT2D eigenvalue weighted by atomic mass is 10.2. The first-order valence-corrected chi connectivity index (χ1v) is 9.22. The van der Waals surface area contributed by atoms with Gasteiger partial charge in [0, 0.05) is 5.38 Å². The Morgan fingerprint density at radius 2 is 2.19 bits per heavy atom. The third-order valence-corrected chi connectivity index (χ3v) is 4.17. The van der Waals surface area contributed by atoms with Crippen molar-refractivity contribution in [2.45, 2.75) is 20.3 Å². The fourth-order valence-corrected chi connectivity index (χ4v) is 3.04. The van der Waals surface area contributed by atoms with Crippen LogP contribution in [0.4, 0.5) is 5.13 Å². The number of rotatable bonds is 9. The number of thiazole rings is 1. The van der Waals surface area contributed by atoms with E-state index in [1.165, 1.54) is 18.4 Å². The van der Waals surface area contributed by atoms with Gasteiger partial charge in [0.25, 0.3) is 0 Å². The molecule has 0 fully saturated rings. The molecule has 26 heavy (non-hydrogen) atoms. The molecule has 7 nitrogen and oxygen atoms in total. The fourth-order valence-electron chi connectivity index (χ4n) is 2.08. The molecule has 1 heterocycles. The summed E-state index contributed by atoms with van der Waals surface area (Å²) in [6, 6.07) is 3.51. The molecular formula is C17H20ClN3O4S. The molecule has 0 aliphatic heterocycles. The normalized spacial score (nSPS) is 10.8. The van der Waals surface area contributed by atoms with E-state index in [9.17, 15) is 4.79 Å². The van der Waals surface area contributed by atoms with Crippen molar-refractivity contribution in [3.8, 4) is 11.5 Å². The van der Waals surface area contributed by atoms with Crippen LogP contribution in [-0.4, -0.2) is 37.5 Å². The Balaban J connectivity index is 2.02. The summed E-state index contributed by atoms with van der Waals surface area (Å²) in [6.45, 7) is 4.50. The van der Waals surface area contributed by atoms with E-state index >= 15 is 0 Å². The summed E-state index contributed by atoms with van der Waals surface area (Å²) in [6.07, 6.45) is 1.74. The summed E-state index contributed by atoms with van der Waals surface area (Å²) in [7, 11) is 1.54. The Labute approximate surface area is 160 Å². The van der Waals surface area contributed by atoms with Crippen molar-refractivity contribution in [3.63, 3.8) is 0 Å². The molecule has 1 aromatic carbocycles. The van der Waals surface area contributed by atoms with E-state index in [1.807, 2.05) is 6.92 Å². The highest BCUT2D eigenvalue weighted by molar-refractivity contribution is 7.13. The van der Waals surface area contributed by atoms with E-state index in [2.05, 4.69) is 15.5 Å². The van der Waals surface area contributed by atoms with Crippen LogP contribution in [-0.2, 0) is 16.0 Å². The summed E-state index contributed by atoms with van der Waals surface area (Å²) < 4.78 is 15.7. The average Bonchev–Trinajstić information content (AvgIpc) is 3.02. The Kier molecular flexibility index (Phi) is 7.68. The molecule has 0 unspecified atom stereocenters. The molecule has 1 N–H and O–H groups in total. The largest absolute Gasteiger partial charge is 0.491 e. The van der Waals surface area contributed by atoms with Crippen molar-refractivity contribution in [2.24, 2.45) is 5.10 Å². The van der Waals surface area contributed by atoms with E-state index in [1.54, 1.807) is 30.7 Å². The summed E-state index contributed by atoms with van der Waals surface area (Å²) >= 11 is 7.55. The second-order valence-corrected chi connectivity index (χ2v) is 6.23. The molecule has 0 amide bonds. The van der Waals surface area contributed by atoms with Crippen LogP contribution in [0.3, 0.4) is 0 Å². The van der Waals surface area contributed by atoms with Gasteiger partial charge in [0.15, 0.2) is 11.5 Å². The molecule has 0 spiro atoms. The van der Waals surface area contributed by atoms with Gasteiger partial charge in [0.2, 0.25) is 5.13 Å². The number of hydrazone groups is 1. The number of esters is 1. The molecule has 0 atom stereocenters. The number of hydrogen-bond acceptors (Lipinski definition) is 8. The van der Waals surface area contributed by atoms with Crippen molar-refractivity contribution in [1.29, 1.82) is 0 Å². The third kappa shape index (κ3) is 5.60. The van der Waals surface area contributed by atoms with E-state index in [-0.39, 0.29) is 12.4 Å². The quantitative estimate of drug-likeness (QED) is 0.394. The first kappa shape index (κ1) is 20.0. The van der Waals surface area contributed by atoms with Crippen LogP contribution < -0.4 is 14.9 Å². The Bertz CT molecular complexity index is 779. The van der Waals surface area contributed by atoms with Gasteiger partial charge in [-0.3, -0.25) is 10.2 Å². The summed E-state index contributed by atoms with van der Waals surface area (Å²) in [5.41, 5.74) is 4.21. The molecule has 0 saturated carbocycles. The zero-order chi connectivity index (χ0) is 18.9. The number of benzene rings is 1. The number of methoxy groups -OCH3 is 1. The van der Waals surface area contributed by atoms with E-state index in [0.717, 1.165) is 5.56 Å². The second kappa shape index (κ2) is 9.98. The predicted molar refractivity (Wildman–Crippen MR) is 103 cm³/mol. The van der Waals surface area contributed by atoms with E-state index in [0.29, 0.717) is 40.6 Å². The molecule has 140 valence electrons. The van der Waals surface area contributed by atoms with Crippen molar-refractivity contribution in [1.82, 2.24) is 4.98 Å². The second-order valence-electron chi connectivity index (χ2n) is 4.96. The van der Waals surface area contributed by atoms with Crippen LogP contribution in [0.2, 0.25) is 5.02 Å². The molecule has 9 heteroatoms. The summed E-state index contributed by atoms with van der Waals surface area (Å²) in [5.74, 6) is 0.737. The maximum Gasteiger partial charge on any atom is 0.311 e. The maximum absolute atomic E-state index is 11.4. The number of carbonyl (C=O) groups excluding carboxylic acids is 1. The zero-order valence-corrected chi connectivity index (χ0v) is 16.3. The number of anilines is 1. The van der Waals surface area contributed by atoms with Crippen molar-refractivity contribution < 1.29 is 19.0 Å². The fraction of sp³-hybridized carbons (Fsp3) is 0.353. The minimum Gasteiger partial charge on any atom is -0.491 e. The number of hydrogen-bond donors (Lipinski definition) is 1. The van der Waals surface area contributed by atoms with Crippen molar-refractivity contribution >= 4 is 40.3 Å². The minimum absolute atomic E-state index is 0.140. The van der Waals surface area contributed by atoms with Crippen LogP contribution in [0.1, 0.15) is 25.1 Å². The molecule has 2 rings (SSSR count). The van der Waals surface area contributed by atoms with E-state index < -0.39 is 0 Å². The molecule has 0 bridgehead atoms. The topological polar surface area (TPSA) is 82.0 Å². The first-order valence-electron chi connectivity index (χ1n) is 7.96. The lowest BCUT2D eigenvalue weighted by Crippen LogP contribution is -2.07. The SMILES string of the molecule is CCOC(=O)Cc1csc(NN=Cc2cc(Cl)c(OC)c(OCC)c2)n1. The van der Waals surface area contributed by atoms with Gasteiger partial charge in [-0.25, -0.2) is 4.98 Å². The van der Waals surface area contributed by atoms with Gasteiger partial charge in [-0.05, 0) is 31.5 Å². The Hall–Kier alpha value is -2.32. The number of carbonyl (C=O) groups is 1. The van der Waals surface area contributed by atoms with Crippen LogP contribution >= 0.6 is 22.9 Å². The Morgan fingerprint density at radius 3 is 2.88 bits per heavy atom. The standard InChI is InChI=1S/C17H20ClN3O4S/c1-4-24-14-7-11(6-13(18)16(14)23-3)9-19-21-17-20-12(10-26-17)8-15(22)25-5-2/h6-7,9-10H,4-5,8H2,1-3H3,(H,20,21). The monoisotopic (exact) mass is 397 g/mol. The molecule has 2 aromatic rings. The highest BCUT2D eigenvalue weighted by atomic mass is 35.5. The zero-order valence-electron chi connectivity index (χ0n) is 14.7. The van der Waals surface area contributed by atoms with Gasteiger partial charge in [-0.1, -0.05) is 11.6 Å². The number of halogens is 1. The molecule has 1 aromatic heterocycles. The number of aromatic nitrogens is 1. The van der Waals surface area contributed by atoms with Gasteiger partial charge in [-0.2, -0.15) is 5.10 Å². The molecule has 0 aliphatic rings. The highest BCUT2D eigenvalue weighted by Gasteiger charge is 2.11. The van der Waals surface area contributed by atoms with E-state index in [4.69, 9.17) is 25.8 Å². The molecule has 0 radical (unpaired) electrons. The smallest absolute Gasteiger partial charge is 0.311 e. The summed E-state index contributed by atoms with van der Waals surface area (Å²) in [4.78, 5) is 15.7. The number of ether oxygens (including phenoxy) is 3. The van der Waals surface area contributed by atoms with Gasteiger partial charge >= 0.3 is 5.97 Å². The Morgan fingerprint density at radius 1 is 1.38 bits per heavy atom. The van der Waals surface area contributed by atoms with Crippen LogP contribution in [0, 0.1) is 0 Å². The number of nitrogens with one attached hydrogen (secondary N) is 1. The van der Waals surface area contributed by atoms with Gasteiger partial charge in [0.05, 0.1) is 43.7 Å². The van der Waals surface area contributed by atoms with Crippen LogP contribution in [0.15, 0.2) is 22.6 Å². The van der Waals surface area contributed by atoms with Gasteiger partial charge in [-0.15, -0.1) is 11.3 Å². The number of nitrogens with zero attached hydrogens (tertiary/aromatic N) is 2. The highest BCUT2D eigenvalue weighted by Crippen LogP contribution is 2.35. The van der Waals surface area contributed by atoms with Crippen LogP contribution in [0.25, 0.3) is 0 Å². The predicted octanol–water partition coefficient (Wildman–Crippen LogP) is 3.76. The summed E-state index contributed by atoms with van der Waals surface area (Å²) in [5, 5.41) is 6.93. The van der Waals surface area contributed by atoms with Crippen molar-refractivity contribution in [2.75, 3.05) is 25.7 Å². The lowest BCUT2D eigenvalue weighted by molar-refractivity contribution is -0.142. The minimum atomic E-state index is -0.302. The average molecular weight is 398 g/mol. The van der Waals surface area contributed by atoms with Gasteiger partial charge in [0.1, 0.15) is 0 Å². The van der Waals surface area contributed by atoms with Gasteiger partial charge < -0.3 is 14.2 Å².